The Hall–Kier alpha value is -4.13. The van der Waals surface area contributed by atoms with Gasteiger partial charge in [0.2, 0.25) is 0 Å². The molecule has 0 radical (unpaired) electrons. The van der Waals surface area contributed by atoms with Crippen molar-refractivity contribution in [2.45, 2.75) is 32.4 Å². The predicted octanol–water partition coefficient (Wildman–Crippen LogP) is 4.57. The molecule has 36 heavy (non-hydrogen) atoms. The molecule has 2 heterocycles. The van der Waals surface area contributed by atoms with E-state index >= 15 is 0 Å². The van der Waals surface area contributed by atoms with Crippen molar-refractivity contribution in [3.63, 3.8) is 0 Å². The summed E-state index contributed by atoms with van der Waals surface area (Å²) in [5, 5.41) is 0. The van der Waals surface area contributed by atoms with E-state index in [0.717, 1.165) is 29.9 Å². The summed E-state index contributed by atoms with van der Waals surface area (Å²) < 4.78 is 11.8. The molecule has 3 aromatic rings. The van der Waals surface area contributed by atoms with Crippen LogP contribution in [-0.2, 0) is 6.54 Å². The van der Waals surface area contributed by atoms with Gasteiger partial charge in [-0.1, -0.05) is 36.4 Å². The number of piperidine rings is 1. The second-order valence-corrected chi connectivity index (χ2v) is 8.93. The molecule has 0 bridgehead atoms. The van der Waals surface area contributed by atoms with E-state index in [9.17, 15) is 14.4 Å². The zero-order valence-corrected chi connectivity index (χ0v) is 20.2. The van der Waals surface area contributed by atoms with Crippen molar-refractivity contribution in [2.75, 3.05) is 19.7 Å². The first-order valence-corrected chi connectivity index (χ1v) is 12.3. The van der Waals surface area contributed by atoms with Gasteiger partial charge in [0, 0.05) is 31.5 Å². The van der Waals surface area contributed by atoms with Crippen molar-refractivity contribution in [3.05, 3.63) is 95.1 Å². The molecule has 1 saturated heterocycles. The van der Waals surface area contributed by atoms with Crippen LogP contribution in [0.4, 0.5) is 0 Å². The van der Waals surface area contributed by atoms with E-state index < -0.39 is 0 Å². The average Bonchev–Trinajstić information content (AvgIpc) is 3.15. The first-order chi connectivity index (χ1) is 17.5. The van der Waals surface area contributed by atoms with Crippen molar-refractivity contribution >= 4 is 17.7 Å². The van der Waals surface area contributed by atoms with E-state index in [4.69, 9.17) is 9.47 Å². The summed E-state index contributed by atoms with van der Waals surface area (Å²) in [4.78, 5) is 41.4. The van der Waals surface area contributed by atoms with Crippen LogP contribution < -0.4 is 9.47 Å². The van der Waals surface area contributed by atoms with Crippen LogP contribution in [0.25, 0.3) is 0 Å². The Morgan fingerprint density at radius 1 is 0.833 bits per heavy atom. The number of nitrogens with zero attached hydrogens (tertiary/aromatic N) is 2. The highest BCUT2D eigenvalue weighted by atomic mass is 16.5. The van der Waals surface area contributed by atoms with Crippen LogP contribution in [0.1, 0.15) is 56.4 Å². The highest BCUT2D eigenvalue weighted by Crippen LogP contribution is 2.30. The largest absolute Gasteiger partial charge is 0.490 e. The van der Waals surface area contributed by atoms with Crippen LogP contribution >= 0.6 is 0 Å². The van der Waals surface area contributed by atoms with Crippen LogP contribution in [0.5, 0.6) is 11.5 Å². The Labute approximate surface area is 210 Å². The maximum Gasteiger partial charge on any atom is 0.261 e. The molecule has 0 aliphatic carbocycles. The monoisotopic (exact) mass is 484 g/mol. The summed E-state index contributed by atoms with van der Waals surface area (Å²) in [5.41, 5.74) is 2.24. The molecule has 2 aliphatic rings. The predicted molar refractivity (Wildman–Crippen MR) is 134 cm³/mol. The van der Waals surface area contributed by atoms with Gasteiger partial charge in [0.25, 0.3) is 17.7 Å². The molecule has 0 N–H and O–H groups in total. The Morgan fingerprint density at radius 3 is 2.03 bits per heavy atom. The Balaban J connectivity index is 1.16. The highest BCUT2D eigenvalue weighted by Gasteiger charge is 2.35. The fraction of sp³-hybridized carbons (Fsp3) is 0.276. The van der Waals surface area contributed by atoms with Crippen molar-refractivity contribution in [1.82, 2.24) is 9.80 Å². The SMILES string of the molecule is CCOc1ccccc1OC1CCN(C(=O)c2ccc(CN3C(=O)c4ccccc4C3=O)cc2)CC1. The van der Waals surface area contributed by atoms with Gasteiger partial charge in [-0.25, -0.2) is 0 Å². The van der Waals surface area contributed by atoms with Gasteiger partial charge in [0.05, 0.1) is 24.3 Å². The van der Waals surface area contributed by atoms with E-state index in [-0.39, 0.29) is 30.4 Å². The number of fused-ring (bicyclic) bond motifs is 1. The normalized spacial score (nSPS) is 15.7. The number of imide groups is 1. The number of amides is 3. The molecule has 0 unspecified atom stereocenters. The Bertz CT molecular complexity index is 1240. The zero-order chi connectivity index (χ0) is 25.1. The van der Waals surface area contributed by atoms with E-state index in [2.05, 4.69) is 0 Å². The van der Waals surface area contributed by atoms with Crippen LogP contribution in [0.15, 0.2) is 72.8 Å². The Kier molecular flexibility index (Phi) is 6.71. The van der Waals surface area contributed by atoms with Crippen molar-refractivity contribution in [2.24, 2.45) is 0 Å². The number of hydrogen-bond acceptors (Lipinski definition) is 5. The third-order valence-corrected chi connectivity index (χ3v) is 6.59. The fourth-order valence-electron chi connectivity index (χ4n) is 4.68. The summed E-state index contributed by atoms with van der Waals surface area (Å²) in [7, 11) is 0. The first-order valence-electron chi connectivity index (χ1n) is 12.3. The van der Waals surface area contributed by atoms with Crippen LogP contribution in [0, 0.1) is 0 Å². The van der Waals surface area contributed by atoms with Gasteiger partial charge in [-0.3, -0.25) is 19.3 Å². The minimum atomic E-state index is -0.287. The highest BCUT2D eigenvalue weighted by molar-refractivity contribution is 6.21. The van der Waals surface area contributed by atoms with E-state index in [1.807, 2.05) is 36.1 Å². The van der Waals surface area contributed by atoms with Gasteiger partial charge < -0.3 is 14.4 Å². The second kappa shape index (κ2) is 10.2. The number of rotatable bonds is 7. The van der Waals surface area contributed by atoms with Crippen molar-refractivity contribution < 1.29 is 23.9 Å². The lowest BCUT2D eigenvalue weighted by Crippen LogP contribution is -2.41. The lowest BCUT2D eigenvalue weighted by molar-refractivity contribution is 0.0586. The van der Waals surface area contributed by atoms with E-state index in [1.165, 1.54) is 4.90 Å². The number of ether oxygens (including phenoxy) is 2. The maximum atomic E-state index is 13.1. The summed E-state index contributed by atoms with van der Waals surface area (Å²) >= 11 is 0. The smallest absolute Gasteiger partial charge is 0.261 e. The quantitative estimate of drug-likeness (QED) is 0.460. The molecule has 3 amide bonds. The fourth-order valence-corrected chi connectivity index (χ4v) is 4.68. The minimum Gasteiger partial charge on any atom is -0.490 e. The van der Waals surface area contributed by atoms with Gasteiger partial charge in [-0.15, -0.1) is 0 Å². The van der Waals surface area contributed by atoms with Gasteiger partial charge in [-0.05, 0) is 48.9 Å². The average molecular weight is 485 g/mol. The molecule has 0 spiro atoms. The third-order valence-electron chi connectivity index (χ3n) is 6.59. The summed E-state index contributed by atoms with van der Waals surface area (Å²) in [6, 6.07) is 21.6. The molecule has 2 aliphatic heterocycles. The van der Waals surface area contributed by atoms with Gasteiger partial charge in [-0.2, -0.15) is 0 Å². The molecule has 5 rings (SSSR count). The second-order valence-electron chi connectivity index (χ2n) is 8.93. The number of hydrogen-bond donors (Lipinski definition) is 0. The van der Waals surface area contributed by atoms with Gasteiger partial charge >= 0.3 is 0 Å². The molecule has 184 valence electrons. The molecule has 0 atom stereocenters. The van der Waals surface area contributed by atoms with Crippen LogP contribution in [0.2, 0.25) is 0 Å². The standard InChI is InChI=1S/C29H28N2O5/c1-2-35-25-9-5-6-10-26(25)36-22-15-17-30(18-16-22)27(32)21-13-11-20(12-14-21)19-31-28(33)23-7-3-4-8-24(23)29(31)34/h3-14,22H,2,15-19H2,1H3. The number of benzene rings is 3. The minimum absolute atomic E-state index is 0.0256. The summed E-state index contributed by atoms with van der Waals surface area (Å²) in [5.74, 6) is 0.863. The molecular weight excluding hydrogens is 456 g/mol. The van der Waals surface area contributed by atoms with Crippen LogP contribution in [0.3, 0.4) is 0 Å². The van der Waals surface area contributed by atoms with E-state index in [1.54, 1.807) is 48.5 Å². The first kappa shape index (κ1) is 23.6. The molecular formula is C29H28N2O5. The number of para-hydroxylation sites is 2. The molecule has 7 heteroatoms. The number of carbonyl (C=O) groups is 3. The lowest BCUT2D eigenvalue weighted by atomic mass is 10.1. The lowest BCUT2D eigenvalue weighted by Gasteiger charge is -2.32. The molecule has 0 saturated carbocycles. The summed E-state index contributed by atoms with van der Waals surface area (Å²) in [6.07, 6.45) is 1.51. The van der Waals surface area contributed by atoms with Crippen molar-refractivity contribution in [1.29, 1.82) is 0 Å². The zero-order valence-electron chi connectivity index (χ0n) is 20.2. The Morgan fingerprint density at radius 2 is 1.42 bits per heavy atom. The maximum absolute atomic E-state index is 13.1. The van der Waals surface area contributed by atoms with Gasteiger partial charge in [0.1, 0.15) is 6.10 Å². The summed E-state index contributed by atoms with van der Waals surface area (Å²) in [6.45, 7) is 3.91. The topological polar surface area (TPSA) is 76.2 Å². The number of carbonyl (C=O) groups excluding carboxylic acids is 3. The van der Waals surface area contributed by atoms with Crippen molar-refractivity contribution in [3.8, 4) is 11.5 Å². The third kappa shape index (κ3) is 4.69. The molecule has 3 aromatic carbocycles. The molecule has 0 aromatic heterocycles. The molecule has 1 fully saturated rings. The number of likely N-dealkylation sites (tertiary alicyclic amines) is 1. The van der Waals surface area contributed by atoms with E-state index in [0.29, 0.717) is 36.4 Å². The van der Waals surface area contributed by atoms with Gasteiger partial charge in [0.15, 0.2) is 11.5 Å². The molecule has 7 nitrogen and oxygen atoms in total. The van der Waals surface area contributed by atoms with Crippen LogP contribution in [-0.4, -0.2) is 53.3 Å².